The molecule has 138 valence electrons. The summed E-state index contributed by atoms with van der Waals surface area (Å²) < 4.78 is 0.868. The highest BCUT2D eigenvalue weighted by Crippen LogP contribution is 2.47. The lowest BCUT2D eigenvalue weighted by atomic mass is 9.78. The first-order valence-corrected chi connectivity index (χ1v) is 9.90. The van der Waals surface area contributed by atoms with E-state index in [1.807, 2.05) is 69.3 Å². The molecule has 0 unspecified atom stereocenters. The van der Waals surface area contributed by atoms with Crippen molar-refractivity contribution in [2.24, 2.45) is 5.41 Å². The van der Waals surface area contributed by atoms with E-state index in [4.69, 9.17) is 0 Å². The molecule has 0 saturated heterocycles. The van der Waals surface area contributed by atoms with Crippen LogP contribution in [0.15, 0.2) is 53.0 Å². The number of rotatable bonds is 1. The predicted molar refractivity (Wildman–Crippen MR) is 114 cm³/mol. The summed E-state index contributed by atoms with van der Waals surface area (Å²) in [6, 6.07) is 13.5. The van der Waals surface area contributed by atoms with Crippen LogP contribution in [0, 0.1) is 12.3 Å². The molecule has 0 saturated carbocycles. The minimum Gasteiger partial charge on any atom is -0.291 e. The largest absolute Gasteiger partial charge is 0.291 e. The highest BCUT2D eigenvalue weighted by molar-refractivity contribution is 9.10. The van der Waals surface area contributed by atoms with Crippen molar-refractivity contribution >= 4 is 49.9 Å². The zero-order chi connectivity index (χ0) is 19.8. The third-order valence-corrected chi connectivity index (χ3v) is 5.94. The number of fused-ring (bicyclic) bond motifs is 2. The summed E-state index contributed by atoms with van der Waals surface area (Å²) in [7, 11) is 0. The number of benzene rings is 2. The SMILES string of the molecule is Cc1ccc(N2C(=O)c3c4c(nc5ccc(Br)cc35)C(=O)C(C)(C)C=C42)cc1. The van der Waals surface area contributed by atoms with Gasteiger partial charge in [0, 0.05) is 26.5 Å². The Morgan fingerprint density at radius 1 is 1.00 bits per heavy atom. The Bertz CT molecular complexity index is 1240. The van der Waals surface area contributed by atoms with Crippen LogP contribution in [0.3, 0.4) is 0 Å². The summed E-state index contributed by atoms with van der Waals surface area (Å²) in [6.07, 6.45) is 1.90. The molecule has 2 heterocycles. The van der Waals surface area contributed by atoms with Crippen LogP contribution < -0.4 is 4.90 Å². The molecule has 1 aromatic heterocycles. The molecular weight excluding hydrogens is 416 g/mol. The molecule has 0 bridgehead atoms. The van der Waals surface area contributed by atoms with Gasteiger partial charge in [-0.1, -0.05) is 33.6 Å². The first kappa shape index (κ1) is 17.3. The van der Waals surface area contributed by atoms with Crippen LogP contribution in [0.2, 0.25) is 0 Å². The van der Waals surface area contributed by atoms with Gasteiger partial charge in [0.25, 0.3) is 5.91 Å². The van der Waals surface area contributed by atoms with E-state index in [1.54, 1.807) is 4.90 Å². The number of allylic oxidation sites excluding steroid dienone is 1. The van der Waals surface area contributed by atoms with Gasteiger partial charge in [0.05, 0.1) is 16.8 Å². The van der Waals surface area contributed by atoms with Gasteiger partial charge in [-0.15, -0.1) is 0 Å². The number of hydrogen-bond acceptors (Lipinski definition) is 3. The first-order valence-electron chi connectivity index (χ1n) is 9.10. The molecule has 0 fully saturated rings. The Morgan fingerprint density at radius 2 is 1.71 bits per heavy atom. The van der Waals surface area contributed by atoms with E-state index in [0.717, 1.165) is 26.8 Å². The monoisotopic (exact) mass is 432 g/mol. The molecule has 1 aliphatic heterocycles. The van der Waals surface area contributed by atoms with E-state index in [2.05, 4.69) is 20.9 Å². The van der Waals surface area contributed by atoms with Crippen molar-refractivity contribution in [2.45, 2.75) is 20.8 Å². The normalized spacial score (nSPS) is 17.1. The molecule has 0 radical (unpaired) electrons. The highest BCUT2D eigenvalue weighted by Gasteiger charge is 2.45. The van der Waals surface area contributed by atoms with Crippen molar-refractivity contribution in [1.29, 1.82) is 0 Å². The molecule has 2 aromatic carbocycles. The Morgan fingerprint density at radius 3 is 2.43 bits per heavy atom. The number of anilines is 1. The number of amides is 1. The third-order valence-electron chi connectivity index (χ3n) is 5.45. The van der Waals surface area contributed by atoms with Crippen LogP contribution in [0.4, 0.5) is 5.69 Å². The molecule has 5 rings (SSSR count). The summed E-state index contributed by atoms with van der Waals surface area (Å²) in [5.41, 5.74) is 4.17. The number of hydrogen-bond donors (Lipinski definition) is 0. The summed E-state index contributed by atoms with van der Waals surface area (Å²) in [6.45, 7) is 5.75. The van der Waals surface area contributed by atoms with E-state index in [0.29, 0.717) is 22.3 Å². The maximum absolute atomic E-state index is 13.6. The van der Waals surface area contributed by atoms with E-state index >= 15 is 0 Å². The number of nitrogens with zero attached hydrogens (tertiary/aromatic N) is 2. The molecule has 0 spiro atoms. The summed E-state index contributed by atoms with van der Waals surface area (Å²) in [5.74, 6) is -0.182. The molecule has 4 nitrogen and oxygen atoms in total. The van der Waals surface area contributed by atoms with Crippen molar-refractivity contribution in [1.82, 2.24) is 4.98 Å². The van der Waals surface area contributed by atoms with Crippen molar-refractivity contribution in [3.63, 3.8) is 0 Å². The molecule has 28 heavy (non-hydrogen) atoms. The fourth-order valence-electron chi connectivity index (χ4n) is 4.00. The lowest BCUT2D eigenvalue weighted by Gasteiger charge is -2.28. The zero-order valence-corrected chi connectivity index (χ0v) is 17.3. The van der Waals surface area contributed by atoms with Crippen LogP contribution in [-0.4, -0.2) is 16.7 Å². The van der Waals surface area contributed by atoms with E-state index in [1.165, 1.54) is 0 Å². The van der Waals surface area contributed by atoms with Crippen molar-refractivity contribution in [3.8, 4) is 0 Å². The van der Waals surface area contributed by atoms with Crippen LogP contribution >= 0.6 is 15.9 Å². The lowest BCUT2D eigenvalue weighted by Crippen LogP contribution is -2.30. The molecular formula is C23H17BrN2O2. The highest BCUT2D eigenvalue weighted by atomic mass is 79.9. The molecule has 1 amide bonds. The van der Waals surface area contributed by atoms with Crippen LogP contribution in [0.1, 0.15) is 45.8 Å². The van der Waals surface area contributed by atoms with Gasteiger partial charge in [0.15, 0.2) is 5.78 Å². The fraction of sp³-hybridized carbons (Fsp3) is 0.174. The molecule has 3 aromatic rings. The summed E-state index contributed by atoms with van der Waals surface area (Å²) in [4.78, 5) is 33.1. The number of Topliss-reactive ketones (excluding diaryl/α,β-unsaturated/α-hetero) is 1. The topological polar surface area (TPSA) is 50.3 Å². The Balaban J connectivity index is 1.88. The van der Waals surface area contributed by atoms with Gasteiger partial charge in [-0.25, -0.2) is 4.98 Å². The van der Waals surface area contributed by atoms with Crippen molar-refractivity contribution < 1.29 is 9.59 Å². The predicted octanol–water partition coefficient (Wildman–Crippen LogP) is 5.53. The first-order chi connectivity index (χ1) is 13.3. The van der Waals surface area contributed by atoms with Gasteiger partial charge in [-0.3, -0.25) is 14.5 Å². The average molecular weight is 433 g/mol. The maximum Gasteiger partial charge on any atom is 0.264 e. The molecule has 0 N–H and O–H groups in total. The quantitative estimate of drug-likeness (QED) is 0.507. The number of carbonyl (C=O) groups is 2. The Hall–Kier alpha value is -2.79. The van der Waals surface area contributed by atoms with Gasteiger partial charge in [0.2, 0.25) is 0 Å². The zero-order valence-electron chi connectivity index (χ0n) is 15.7. The minimum atomic E-state index is -0.733. The van der Waals surface area contributed by atoms with Gasteiger partial charge in [-0.05, 0) is 57.2 Å². The average Bonchev–Trinajstić information content (AvgIpc) is 2.93. The number of halogens is 1. The molecule has 0 atom stereocenters. The van der Waals surface area contributed by atoms with E-state index < -0.39 is 5.41 Å². The minimum absolute atomic E-state index is 0.0594. The Kier molecular flexibility index (Phi) is 3.47. The van der Waals surface area contributed by atoms with Gasteiger partial charge >= 0.3 is 0 Å². The molecule has 1 aliphatic carbocycles. The number of ketones is 1. The lowest BCUT2D eigenvalue weighted by molar-refractivity contribution is 0.0877. The molecule has 5 heteroatoms. The second-order valence-corrected chi connectivity index (χ2v) is 8.84. The fourth-order valence-corrected chi connectivity index (χ4v) is 4.36. The van der Waals surface area contributed by atoms with Crippen LogP contribution in [-0.2, 0) is 0 Å². The number of carbonyl (C=O) groups excluding carboxylic acids is 2. The van der Waals surface area contributed by atoms with Gasteiger partial charge < -0.3 is 0 Å². The third kappa shape index (κ3) is 2.26. The second kappa shape index (κ2) is 5.61. The number of pyridine rings is 1. The maximum atomic E-state index is 13.6. The van der Waals surface area contributed by atoms with Crippen molar-refractivity contribution in [2.75, 3.05) is 4.90 Å². The van der Waals surface area contributed by atoms with E-state index in [-0.39, 0.29) is 11.7 Å². The van der Waals surface area contributed by atoms with Gasteiger partial charge in [0.1, 0.15) is 5.69 Å². The summed E-state index contributed by atoms with van der Waals surface area (Å²) >= 11 is 3.49. The van der Waals surface area contributed by atoms with Crippen LogP contribution in [0.25, 0.3) is 16.6 Å². The number of aryl methyl sites for hydroxylation is 1. The van der Waals surface area contributed by atoms with E-state index in [9.17, 15) is 9.59 Å². The van der Waals surface area contributed by atoms with Crippen molar-refractivity contribution in [3.05, 3.63) is 75.4 Å². The summed E-state index contributed by atoms with van der Waals surface area (Å²) in [5, 5.41) is 0.756. The Labute approximate surface area is 171 Å². The standard InChI is InChI=1S/C23H17BrN2O2/c1-12-4-7-14(8-5-12)26-17-11-23(2,3)21(27)20-19(17)18(22(26)28)15-10-13(24)6-9-16(15)25-20/h4-11H,1-3H3. The molecule has 2 aliphatic rings. The van der Waals surface area contributed by atoms with Gasteiger partial charge in [-0.2, -0.15) is 0 Å². The second-order valence-electron chi connectivity index (χ2n) is 7.93. The smallest absolute Gasteiger partial charge is 0.264 e. The van der Waals surface area contributed by atoms with Crippen LogP contribution in [0.5, 0.6) is 0 Å². The number of aromatic nitrogens is 1.